The van der Waals surface area contributed by atoms with Crippen molar-refractivity contribution < 1.29 is 14.3 Å². The minimum absolute atomic E-state index is 0. The molecule has 0 aliphatic carbocycles. The van der Waals surface area contributed by atoms with Crippen molar-refractivity contribution in [3.05, 3.63) is 29.8 Å². The number of aliphatic imine (C=N–C) groups is 1. The van der Waals surface area contributed by atoms with Crippen molar-refractivity contribution in [2.45, 2.75) is 46.6 Å². The molecule has 1 aromatic rings. The summed E-state index contributed by atoms with van der Waals surface area (Å²) in [6.45, 7) is 10.4. The fourth-order valence-electron chi connectivity index (χ4n) is 2.45. The molecule has 30 heavy (non-hydrogen) atoms. The second-order valence-electron chi connectivity index (χ2n) is 8.39. The second kappa shape index (κ2) is 12.6. The second-order valence-corrected chi connectivity index (χ2v) is 8.39. The molecule has 0 atom stereocenters. The molecule has 0 radical (unpaired) electrons. The van der Waals surface area contributed by atoms with Crippen LogP contribution in [-0.4, -0.2) is 50.7 Å². The SMILES string of the molecule is CN=C(NCCc1ccc(NC(=O)OC(C)(C)C)cc1)NCC(C)(C)C(=O)NC.I. The third-order valence-electron chi connectivity index (χ3n) is 4.07. The molecule has 0 heterocycles. The van der Waals surface area contributed by atoms with Gasteiger partial charge in [-0.05, 0) is 58.7 Å². The van der Waals surface area contributed by atoms with Crippen molar-refractivity contribution >= 4 is 47.6 Å². The van der Waals surface area contributed by atoms with Crippen LogP contribution >= 0.6 is 24.0 Å². The Labute approximate surface area is 197 Å². The maximum absolute atomic E-state index is 11.9. The van der Waals surface area contributed by atoms with Gasteiger partial charge in [-0.3, -0.25) is 15.1 Å². The molecule has 8 nitrogen and oxygen atoms in total. The Morgan fingerprint density at radius 1 is 1.03 bits per heavy atom. The zero-order valence-corrected chi connectivity index (χ0v) is 21.3. The predicted molar refractivity (Wildman–Crippen MR) is 133 cm³/mol. The molecule has 0 saturated heterocycles. The topological polar surface area (TPSA) is 104 Å². The summed E-state index contributed by atoms with van der Waals surface area (Å²) in [5.74, 6) is 0.616. The highest BCUT2D eigenvalue weighted by molar-refractivity contribution is 14.0. The third-order valence-corrected chi connectivity index (χ3v) is 4.07. The molecule has 0 aliphatic rings. The van der Waals surface area contributed by atoms with Gasteiger partial charge >= 0.3 is 6.09 Å². The molecular weight excluding hydrogens is 497 g/mol. The summed E-state index contributed by atoms with van der Waals surface area (Å²) >= 11 is 0. The largest absolute Gasteiger partial charge is 0.444 e. The lowest BCUT2D eigenvalue weighted by molar-refractivity contribution is -0.128. The molecule has 0 aromatic heterocycles. The summed E-state index contributed by atoms with van der Waals surface area (Å²) in [4.78, 5) is 27.8. The molecule has 0 saturated carbocycles. The van der Waals surface area contributed by atoms with Gasteiger partial charge in [0.1, 0.15) is 5.60 Å². The molecular formula is C21H36IN5O3. The minimum atomic E-state index is -0.538. The van der Waals surface area contributed by atoms with Crippen LogP contribution in [-0.2, 0) is 16.0 Å². The molecule has 0 aliphatic heterocycles. The quantitative estimate of drug-likeness (QED) is 0.245. The highest BCUT2D eigenvalue weighted by atomic mass is 127. The third kappa shape index (κ3) is 10.7. The number of ether oxygens (including phenoxy) is 1. The molecule has 4 N–H and O–H groups in total. The lowest BCUT2D eigenvalue weighted by atomic mass is 9.92. The molecule has 1 rings (SSSR count). The van der Waals surface area contributed by atoms with E-state index in [2.05, 4.69) is 26.3 Å². The highest BCUT2D eigenvalue weighted by Crippen LogP contribution is 2.14. The predicted octanol–water partition coefficient (Wildman–Crippen LogP) is 3.13. The van der Waals surface area contributed by atoms with Gasteiger partial charge in [-0.2, -0.15) is 0 Å². The van der Waals surface area contributed by atoms with Crippen LogP contribution in [0.4, 0.5) is 10.5 Å². The van der Waals surface area contributed by atoms with Crippen LogP contribution in [0.3, 0.4) is 0 Å². The lowest BCUT2D eigenvalue weighted by Gasteiger charge is -2.24. The van der Waals surface area contributed by atoms with E-state index in [-0.39, 0.29) is 29.9 Å². The monoisotopic (exact) mass is 533 g/mol. The Hall–Kier alpha value is -2.04. The van der Waals surface area contributed by atoms with Gasteiger partial charge in [0.2, 0.25) is 5.91 Å². The number of amides is 2. The first kappa shape index (κ1) is 28.0. The van der Waals surface area contributed by atoms with Crippen molar-refractivity contribution in [2.75, 3.05) is 32.5 Å². The highest BCUT2D eigenvalue weighted by Gasteiger charge is 2.26. The summed E-state index contributed by atoms with van der Waals surface area (Å²) in [6, 6.07) is 7.61. The van der Waals surface area contributed by atoms with Gasteiger partial charge in [-0.1, -0.05) is 12.1 Å². The molecule has 9 heteroatoms. The Balaban J connectivity index is 0.00000841. The van der Waals surface area contributed by atoms with E-state index in [0.717, 1.165) is 12.0 Å². The van der Waals surface area contributed by atoms with E-state index in [4.69, 9.17) is 4.74 Å². The number of halogens is 1. The molecule has 170 valence electrons. The first-order valence-corrected chi connectivity index (χ1v) is 9.72. The Morgan fingerprint density at radius 3 is 2.13 bits per heavy atom. The van der Waals surface area contributed by atoms with Crippen LogP contribution in [0.2, 0.25) is 0 Å². The van der Waals surface area contributed by atoms with Crippen LogP contribution in [0.1, 0.15) is 40.2 Å². The average molecular weight is 533 g/mol. The molecule has 0 bridgehead atoms. The summed E-state index contributed by atoms with van der Waals surface area (Å²) in [5, 5.41) is 11.8. The van der Waals surface area contributed by atoms with Crippen LogP contribution < -0.4 is 21.3 Å². The van der Waals surface area contributed by atoms with Crippen LogP contribution in [0, 0.1) is 5.41 Å². The Bertz CT molecular complexity index is 712. The average Bonchev–Trinajstić information content (AvgIpc) is 2.63. The van der Waals surface area contributed by atoms with Crippen LogP contribution in [0.25, 0.3) is 0 Å². The normalized spacial score (nSPS) is 11.8. The smallest absolute Gasteiger partial charge is 0.412 e. The molecule has 0 fully saturated rings. The summed E-state index contributed by atoms with van der Waals surface area (Å²) in [5.41, 5.74) is 0.736. The lowest BCUT2D eigenvalue weighted by Crippen LogP contribution is -2.47. The molecule has 1 aromatic carbocycles. The van der Waals surface area contributed by atoms with E-state index in [1.165, 1.54) is 0 Å². The van der Waals surface area contributed by atoms with Gasteiger partial charge < -0.3 is 20.7 Å². The number of nitrogens with zero attached hydrogens (tertiary/aromatic N) is 1. The van der Waals surface area contributed by atoms with Gasteiger partial charge in [-0.25, -0.2) is 4.79 Å². The van der Waals surface area contributed by atoms with E-state index >= 15 is 0 Å². The summed E-state index contributed by atoms with van der Waals surface area (Å²) in [7, 11) is 3.32. The van der Waals surface area contributed by atoms with Crippen molar-refractivity contribution in [1.82, 2.24) is 16.0 Å². The molecule has 0 spiro atoms. The van der Waals surface area contributed by atoms with Crippen molar-refractivity contribution in [3.63, 3.8) is 0 Å². The number of nitrogens with one attached hydrogen (secondary N) is 4. The van der Waals surface area contributed by atoms with Crippen molar-refractivity contribution in [1.29, 1.82) is 0 Å². The maximum atomic E-state index is 11.9. The first-order chi connectivity index (χ1) is 13.5. The number of hydrogen-bond acceptors (Lipinski definition) is 4. The number of carbonyl (C=O) groups is 2. The van der Waals surface area contributed by atoms with Crippen molar-refractivity contribution in [2.24, 2.45) is 10.4 Å². The van der Waals surface area contributed by atoms with E-state index in [1.54, 1.807) is 14.1 Å². The van der Waals surface area contributed by atoms with E-state index in [0.29, 0.717) is 24.7 Å². The Kier molecular flexibility index (Phi) is 11.8. The maximum Gasteiger partial charge on any atom is 0.412 e. The number of rotatable bonds is 7. The van der Waals surface area contributed by atoms with Gasteiger partial charge in [0.15, 0.2) is 5.96 Å². The fourth-order valence-corrected chi connectivity index (χ4v) is 2.45. The number of carbonyl (C=O) groups excluding carboxylic acids is 2. The zero-order chi connectivity index (χ0) is 22.1. The van der Waals surface area contributed by atoms with Gasteiger partial charge in [0, 0.05) is 32.9 Å². The molecule has 0 unspecified atom stereocenters. The fraction of sp³-hybridized carbons (Fsp3) is 0.571. The minimum Gasteiger partial charge on any atom is -0.444 e. The van der Waals surface area contributed by atoms with E-state index < -0.39 is 17.1 Å². The number of anilines is 1. The van der Waals surface area contributed by atoms with Gasteiger partial charge in [0.25, 0.3) is 0 Å². The summed E-state index contributed by atoms with van der Waals surface area (Å²) < 4.78 is 5.24. The van der Waals surface area contributed by atoms with Gasteiger partial charge in [-0.15, -0.1) is 24.0 Å². The Morgan fingerprint density at radius 2 is 1.63 bits per heavy atom. The molecule has 2 amide bonds. The number of benzene rings is 1. The van der Waals surface area contributed by atoms with E-state index in [1.807, 2.05) is 58.9 Å². The standard InChI is InChI=1S/C21H35N5O3.HI/c1-20(2,3)29-19(28)26-16-10-8-15(9-11-16)12-13-24-18(23-7)25-14-21(4,5)17(27)22-6;/h8-11H,12-14H2,1-7H3,(H,22,27)(H,26,28)(H2,23,24,25);1H. The van der Waals surface area contributed by atoms with Crippen molar-refractivity contribution in [3.8, 4) is 0 Å². The number of hydrogen-bond donors (Lipinski definition) is 4. The first-order valence-electron chi connectivity index (χ1n) is 9.72. The van der Waals surface area contributed by atoms with Crippen LogP contribution in [0.15, 0.2) is 29.3 Å². The van der Waals surface area contributed by atoms with Crippen LogP contribution in [0.5, 0.6) is 0 Å². The number of guanidine groups is 1. The van der Waals surface area contributed by atoms with E-state index in [9.17, 15) is 9.59 Å². The summed E-state index contributed by atoms with van der Waals surface area (Å²) in [6.07, 6.45) is 0.313. The zero-order valence-electron chi connectivity index (χ0n) is 19.0. The van der Waals surface area contributed by atoms with Gasteiger partial charge in [0.05, 0.1) is 5.41 Å².